The smallest absolute Gasteiger partial charge is 0.255 e. The summed E-state index contributed by atoms with van der Waals surface area (Å²) in [7, 11) is 0. The van der Waals surface area contributed by atoms with Crippen LogP contribution in [0.2, 0.25) is 0 Å². The standard InChI is InChI=1S/C20H20BrN3O3/c1-11(2)19-22-16-5-6-24(9-15(16)20(26)23-19)8-12-10-27-17-4-3-13(21)7-14(17)18(12)25/h3-4,7,10-11H,5-6,8-9H2,1-2H3,(H,22,23,26). The maximum absolute atomic E-state index is 12.8. The van der Waals surface area contributed by atoms with Gasteiger partial charge in [0.1, 0.15) is 11.4 Å². The number of halogens is 1. The predicted octanol–water partition coefficient (Wildman–Crippen LogP) is 3.32. The predicted molar refractivity (Wildman–Crippen MR) is 107 cm³/mol. The molecule has 6 nitrogen and oxygen atoms in total. The molecule has 0 radical (unpaired) electrons. The molecule has 3 aromatic rings. The van der Waals surface area contributed by atoms with E-state index in [1.807, 2.05) is 19.9 Å². The van der Waals surface area contributed by atoms with E-state index in [4.69, 9.17) is 4.42 Å². The van der Waals surface area contributed by atoms with Gasteiger partial charge in [-0.2, -0.15) is 0 Å². The van der Waals surface area contributed by atoms with E-state index in [1.54, 1.807) is 12.1 Å². The van der Waals surface area contributed by atoms with Crippen molar-refractivity contribution in [2.75, 3.05) is 6.54 Å². The highest BCUT2D eigenvalue weighted by Gasteiger charge is 2.23. The summed E-state index contributed by atoms with van der Waals surface area (Å²) in [6.45, 7) is 5.69. The first kappa shape index (κ1) is 18.1. The number of nitrogens with zero attached hydrogens (tertiary/aromatic N) is 2. The molecule has 0 aliphatic carbocycles. The maximum atomic E-state index is 12.8. The van der Waals surface area contributed by atoms with Gasteiger partial charge in [-0.15, -0.1) is 0 Å². The summed E-state index contributed by atoms with van der Waals surface area (Å²) in [5.41, 5.74) is 2.60. The minimum Gasteiger partial charge on any atom is -0.464 e. The van der Waals surface area contributed by atoms with Crippen LogP contribution < -0.4 is 11.0 Å². The molecule has 0 unspecified atom stereocenters. The van der Waals surface area contributed by atoms with E-state index >= 15 is 0 Å². The molecule has 1 N–H and O–H groups in total. The summed E-state index contributed by atoms with van der Waals surface area (Å²) in [4.78, 5) is 34.8. The Morgan fingerprint density at radius 3 is 2.93 bits per heavy atom. The first-order valence-corrected chi connectivity index (χ1v) is 9.76. The Bertz CT molecular complexity index is 1130. The van der Waals surface area contributed by atoms with Crippen LogP contribution in [-0.2, 0) is 19.5 Å². The number of nitrogens with one attached hydrogen (secondary N) is 1. The van der Waals surface area contributed by atoms with E-state index < -0.39 is 0 Å². The Morgan fingerprint density at radius 2 is 2.15 bits per heavy atom. The van der Waals surface area contributed by atoms with Crippen molar-refractivity contribution in [3.05, 3.63) is 72.2 Å². The van der Waals surface area contributed by atoms with Crippen molar-refractivity contribution in [1.29, 1.82) is 0 Å². The zero-order valence-corrected chi connectivity index (χ0v) is 16.8. The zero-order valence-electron chi connectivity index (χ0n) is 15.2. The van der Waals surface area contributed by atoms with Crippen LogP contribution in [0.15, 0.2) is 42.9 Å². The molecule has 27 heavy (non-hydrogen) atoms. The van der Waals surface area contributed by atoms with Gasteiger partial charge in [0.15, 0.2) is 5.43 Å². The Balaban J connectivity index is 1.62. The number of aromatic amines is 1. The third-order valence-corrected chi connectivity index (χ3v) is 5.41. The van der Waals surface area contributed by atoms with Crippen molar-refractivity contribution in [2.45, 2.75) is 39.3 Å². The first-order valence-electron chi connectivity index (χ1n) is 8.96. The summed E-state index contributed by atoms with van der Waals surface area (Å²) in [5.74, 6) is 0.913. The molecule has 0 saturated carbocycles. The van der Waals surface area contributed by atoms with Crippen LogP contribution in [0.3, 0.4) is 0 Å². The van der Waals surface area contributed by atoms with E-state index in [0.29, 0.717) is 41.6 Å². The number of H-pyrrole nitrogens is 1. The topological polar surface area (TPSA) is 79.2 Å². The molecule has 1 aliphatic rings. The van der Waals surface area contributed by atoms with Gasteiger partial charge in [-0.25, -0.2) is 4.98 Å². The van der Waals surface area contributed by atoms with Crippen molar-refractivity contribution in [1.82, 2.24) is 14.9 Å². The molecule has 7 heteroatoms. The lowest BCUT2D eigenvalue weighted by Gasteiger charge is -2.27. The molecule has 2 aromatic heterocycles. The Hall–Kier alpha value is -2.25. The number of hydrogen-bond acceptors (Lipinski definition) is 5. The number of rotatable bonds is 3. The molecular formula is C20H20BrN3O3. The minimum atomic E-state index is -0.0807. The summed E-state index contributed by atoms with van der Waals surface area (Å²) in [6.07, 6.45) is 2.22. The Kier molecular flexibility index (Phi) is 4.74. The normalized spacial score (nSPS) is 14.7. The molecule has 0 amide bonds. The second kappa shape index (κ2) is 7.05. The fourth-order valence-electron chi connectivity index (χ4n) is 3.40. The van der Waals surface area contributed by atoms with Crippen LogP contribution in [0, 0.1) is 0 Å². The summed E-state index contributed by atoms with van der Waals surface area (Å²) >= 11 is 3.40. The van der Waals surface area contributed by atoms with Crippen molar-refractivity contribution >= 4 is 26.9 Å². The van der Waals surface area contributed by atoms with Crippen LogP contribution in [0.5, 0.6) is 0 Å². The minimum absolute atomic E-state index is 0.0365. The third-order valence-electron chi connectivity index (χ3n) is 4.91. The fraction of sp³-hybridized carbons (Fsp3) is 0.350. The molecule has 0 spiro atoms. The van der Waals surface area contributed by atoms with Gasteiger partial charge in [-0.1, -0.05) is 29.8 Å². The van der Waals surface area contributed by atoms with Gasteiger partial charge in [0.05, 0.1) is 22.9 Å². The number of hydrogen-bond donors (Lipinski definition) is 1. The van der Waals surface area contributed by atoms with Crippen LogP contribution in [0.4, 0.5) is 0 Å². The SMILES string of the molecule is CC(C)c1nc2c(c(=O)[nH]1)CN(Cc1coc3ccc(Br)cc3c1=O)CC2. The summed E-state index contributed by atoms with van der Waals surface area (Å²) in [5, 5.41) is 0.556. The molecule has 1 aromatic carbocycles. The second-order valence-electron chi connectivity index (χ2n) is 7.22. The summed E-state index contributed by atoms with van der Waals surface area (Å²) in [6, 6.07) is 5.40. The molecule has 4 rings (SSSR count). The van der Waals surface area contributed by atoms with E-state index in [-0.39, 0.29) is 16.9 Å². The lowest BCUT2D eigenvalue weighted by Crippen LogP contribution is -2.36. The molecule has 0 fully saturated rings. The van der Waals surface area contributed by atoms with E-state index in [1.165, 1.54) is 6.26 Å². The molecule has 0 bridgehead atoms. The average molecular weight is 430 g/mol. The van der Waals surface area contributed by atoms with Gasteiger partial charge in [-0.05, 0) is 18.2 Å². The number of benzene rings is 1. The van der Waals surface area contributed by atoms with Gasteiger partial charge in [0.25, 0.3) is 5.56 Å². The van der Waals surface area contributed by atoms with Gasteiger partial charge >= 0.3 is 0 Å². The van der Waals surface area contributed by atoms with Gasteiger partial charge in [0, 0.05) is 42.0 Å². The van der Waals surface area contributed by atoms with Crippen molar-refractivity contribution in [3.63, 3.8) is 0 Å². The number of aromatic nitrogens is 2. The van der Waals surface area contributed by atoms with E-state index in [9.17, 15) is 9.59 Å². The Morgan fingerprint density at radius 1 is 1.33 bits per heavy atom. The second-order valence-corrected chi connectivity index (χ2v) is 8.14. The average Bonchev–Trinajstić information content (AvgIpc) is 2.64. The highest BCUT2D eigenvalue weighted by molar-refractivity contribution is 9.10. The molecule has 3 heterocycles. The van der Waals surface area contributed by atoms with Crippen LogP contribution in [0.1, 0.15) is 42.4 Å². The van der Waals surface area contributed by atoms with Crippen molar-refractivity contribution in [3.8, 4) is 0 Å². The maximum Gasteiger partial charge on any atom is 0.255 e. The van der Waals surface area contributed by atoms with E-state index in [0.717, 1.165) is 22.5 Å². The van der Waals surface area contributed by atoms with Gasteiger partial charge < -0.3 is 9.40 Å². The van der Waals surface area contributed by atoms with Gasteiger partial charge in [-0.3, -0.25) is 14.5 Å². The molecule has 0 atom stereocenters. The quantitative estimate of drug-likeness (QED) is 0.690. The Labute approximate surface area is 164 Å². The van der Waals surface area contributed by atoms with E-state index in [2.05, 4.69) is 30.8 Å². The fourth-order valence-corrected chi connectivity index (χ4v) is 3.76. The first-order chi connectivity index (χ1) is 12.9. The number of fused-ring (bicyclic) bond motifs is 2. The lowest BCUT2D eigenvalue weighted by atomic mass is 10.0. The zero-order chi connectivity index (χ0) is 19.1. The molecule has 1 aliphatic heterocycles. The third kappa shape index (κ3) is 3.49. The van der Waals surface area contributed by atoms with Crippen molar-refractivity contribution in [2.24, 2.45) is 0 Å². The summed E-state index contributed by atoms with van der Waals surface area (Å²) < 4.78 is 6.47. The highest BCUT2D eigenvalue weighted by Crippen LogP contribution is 2.20. The largest absolute Gasteiger partial charge is 0.464 e. The monoisotopic (exact) mass is 429 g/mol. The lowest BCUT2D eigenvalue weighted by molar-refractivity contribution is 0.239. The molecular weight excluding hydrogens is 410 g/mol. The van der Waals surface area contributed by atoms with Crippen LogP contribution in [-0.4, -0.2) is 21.4 Å². The molecule has 0 saturated heterocycles. The van der Waals surface area contributed by atoms with Crippen molar-refractivity contribution < 1.29 is 4.42 Å². The van der Waals surface area contributed by atoms with Crippen LogP contribution in [0.25, 0.3) is 11.0 Å². The van der Waals surface area contributed by atoms with Crippen LogP contribution >= 0.6 is 15.9 Å². The van der Waals surface area contributed by atoms with Gasteiger partial charge in [0.2, 0.25) is 0 Å². The molecule has 140 valence electrons. The highest BCUT2D eigenvalue weighted by atomic mass is 79.9.